The highest BCUT2D eigenvalue weighted by Gasteiger charge is 2.71. The molecule has 0 atom stereocenters. The van der Waals surface area contributed by atoms with Gasteiger partial charge in [0.15, 0.2) is 0 Å². The van der Waals surface area contributed by atoms with Gasteiger partial charge in [-0.3, -0.25) is 0 Å². The third kappa shape index (κ3) is 4.00. The summed E-state index contributed by atoms with van der Waals surface area (Å²) in [5.74, 6) is 0. The molecule has 0 radical (unpaired) electrons. The Labute approximate surface area is 131 Å². The van der Waals surface area contributed by atoms with Crippen LogP contribution < -0.4 is 0 Å². The van der Waals surface area contributed by atoms with Crippen molar-refractivity contribution in [2.45, 2.75) is 39.3 Å². The smallest absolute Gasteiger partial charge is 0.372 e. The number of rotatable bonds is 2. The lowest BCUT2D eigenvalue weighted by Gasteiger charge is -2.53. The standard InChI is InChI=1S/C8H24O8Si5/c1-9-20(10-2)11-17(3,4)13-21(14-18(5,6)12-20)15-19(7,8)16-21/h1-8H3. The molecule has 124 valence electrons. The Bertz CT molecular complexity index is 379. The van der Waals surface area contributed by atoms with Crippen LogP contribution in [0.15, 0.2) is 0 Å². The lowest BCUT2D eigenvalue weighted by Crippen LogP contribution is -2.79. The first-order chi connectivity index (χ1) is 9.36. The minimum atomic E-state index is -3.27. The van der Waals surface area contributed by atoms with Crippen LogP contribution in [0.1, 0.15) is 0 Å². The first-order valence-electron chi connectivity index (χ1n) is 6.67. The van der Waals surface area contributed by atoms with E-state index in [0.29, 0.717) is 0 Å². The quantitative estimate of drug-likeness (QED) is 0.657. The first-order valence-corrected chi connectivity index (χ1v) is 18.4. The average Bonchev–Trinajstić information content (AvgIpc) is 2.21. The van der Waals surface area contributed by atoms with E-state index in [9.17, 15) is 0 Å². The van der Waals surface area contributed by atoms with Gasteiger partial charge in [0.2, 0.25) is 0 Å². The summed E-state index contributed by atoms with van der Waals surface area (Å²) in [4.78, 5) is 0. The lowest BCUT2D eigenvalue weighted by atomic mass is 11.8. The minimum Gasteiger partial charge on any atom is -0.372 e. The van der Waals surface area contributed by atoms with Gasteiger partial charge in [-0.25, -0.2) is 0 Å². The molecule has 2 aliphatic heterocycles. The summed E-state index contributed by atoms with van der Waals surface area (Å²) in [5.41, 5.74) is 0. The fourth-order valence-electron chi connectivity index (χ4n) is 2.23. The van der Waals surface area contributed by atoms with Gasteiger partial charge in [0, 0.05) is 14.2 Å². The zero-order valence-corrected chi connectivity index (χ0v) is 18.8. The van der Waals surface area contributed by atoms with E-state index in [1.807, 2.05) is 39.3 Å². The van der Waals surface area contributed by atoms with Crippen LogP contribution in [0.3, 0.4) is 0 Å². The third-order valence-electron chi connectivity index (χ3n) is 2.72. The van der Waals surface area contributed by atoms with Crippen molar-refractivity contribution in [3.8, 4) is 0 Å². The van der Waals surface area contributed by atoms with E-state index in [0.717, 1.165) is 0 Å². The zero-order chi connectivity index (χ0) is 16.2. The van der Waals surface area contributed by atoms with E-state index < -0.39 is 43.8 Å². The second-order valence-electron chi connectivity index (χ2n) is 6.22. The highest BCUT2D eigenvalue weighted by molar-refractivity contribution is 6.96. The molecule has 13 heteroatoms. The maximum absolute atomic E-state index is 6.09. The molecule has 0 unspecified atom stereocenters. The van der Waals surface area contributed by atoms with Crippen LogP contribution in [-0.4, -0.2) is 58.0 Å². The van der Waals surface area contributed by atoms with Crippen LogP contribution in [-0.2, 0) is 33.5 Å². The molecule has 2 rings (SSSR count). The van der Waals surface area contributed by atoms with Crippen LogP contribution in [0.4, 0.5) is 0 Å². The first kappa shape index (κ1) is 18.1. The number of hydrogen-bond acceptors (Lipinski definition) is 8. The monoisotopic (exact) mass is 388 g/mol. The van der Waals surface area contributed by atoms with Crippen molar-refractivity contribution < 1.29 is 33.5 Å². The maximum Gasteiger partial charge on any atom is 0.661 e. The zero-order valence-electron chi connectivity index (χ0n) is 13.8. The molecule has 1 spiro atoms. The Hall–Kier alpha value is 0.764. The maximum atomic E-state index is 6.09. The molecular weight excluding hydrogens is 365 g/mol. The van der Waals surface area contributed by atoms with Crippen LogP contribution >= 0.6 is 0 Å². The van der Waals surface area contributed by atoms with Crippen LogP contribution in [0, 0.1) is 0 Å². The van der Waals surface area contributed by atoms with Crippen molar-refractivity contribution in [1.29, 1.82) is 0 Å². The molecule has 2 heterocycles. The van der Waals surface area contributed by atoms with Crippen molar-refractivity contribution in [1.82, 2.24) is 0 Å². The lowest BCUT2D eigenvalue weighted by molar-refractivity contribution is 0.00306. The van der Waals surface area contributed by atoms with E-state index in [4.69, 9.17) is 33.5 Å². The fraction of sp³-hybridized carbons (Fsp3) is 1.00. The topological polar surface area (TPSA) is 73.8 Å². The molecule has 2 aliphatic rings. The molecule has 0 aromatic carbocycles. The fourth-order valence-corrected chi connectivity index (χ4v) is 22.6. The van der Waals surface area contributed by atoms with Gasteiger partial charge >= 0.3 is 43.8 Å². The predicted molar refractivity (Wildman–Crippen MR) is 84.5 cm³/mol. The van der Waals surface area contributed by atoms with Gasteiger partial charge in [-0.1, -0.05) is 0 Å². The van der Waals surface area contributed by atoms with Gasteiger partial charge in [-0.2, -0.15) is 0 Å². The van der Waals surface area contributed by atoms with Crippen LogP contribution in [0.25, 0.3) is 0 Å². The van der Waals surface area contributed by atoms with Crippen LogP contribution in [0.5, 0.6) is 0 Å². The largest absolute Gasteiger partial charge is 0.661 e. The Morgan fingerprint density at radius 3 is 1.05 bits per heavy atom. The second-order valence-corrected chi connectivity index (χ2v) is 22.3. The second kappa shape index (κ2) is 5.40. The van der Waals surface area contributed by atoms with Crippen molar-refractivity contribution in [2.24, 2.45) is 0 Å². The molecule has 0 saturated carbocycles. The van der Waals surface area contributed by atoms with Gasteiger partial charge in [-0.15, -0.1) is 0 Å². The molecule has 0 bridgehead atoms. The van der Waals surface area contributed by atoms with Crippen molar-refractivity contribution in [2.75, 3.05) is 14.2 Å². The third-order valence-corrected chi connectivity index (χ3v) is 21.5. The van der Waals surface area contributed by atoms with Gasteiger partial charge in [0.05, 0.1) is 0 Å². The molecule has 0 aromatic rings. The van der Waals surface area contributed by atoms with E-state index in [1.165, 1.54) is 14.2 Å². The van der Waals surface area contributed by atoms with E-state index in [1.54, 1.807) is 0 Å². The van der Waals surface area contributed by atoms with E-state index in [2.05, 4.69) is 0 Å². The predicted octanol–water partition coefficient (Wildman–Crippen LogP) is 1.38. The average molecular weight is 389 g/mol. The molecule has 2 saturated heterocycles. The summed E-state index contributed by atoms with van der Waals surface area (Å²) in [6.07, 6.45) is 0. The molecule has 21 heavy (non-hydrogen) atoms. The van der Waals surface area contributed by atoms with Gasteiger partial charge in [-0.05, 0) is 39.3 Å². The molecule has 0 N–H and O–H groups in total. The molecule has 2 fully saturated rings. The molecule has 0 aliphatic carbocycles. The van der Waals surface area contributed by atoms with Crippen LogP contribution in [0.2, 0.25) is 39.3 Å². The Balaban J connectivity index is 2.29. The summed E-state index contributed by atoms with van der Waals surface area (Å²) >= 11 is 0. The normalized spacial score (nSPS) is 32.0. The summed E-state index contributed by atoms with van der Waals surface area (Å²) in [7, 11) is -10.9. The summed E-state index contributed by atoms with van der Waals surface area (Å²) in [6, 6.07) is 0. The van der Waals surface area contributed by atoms with Crippen molar-refractivity contribution in [3.63, 3.8) is 0 Å². The van der Waals surface area contributed by atoms with E-state index >= 15 is 0 Å². The number of hydrogen-bond donors (Lipinski definition) is 0. The Morgan fingerprint density at radius 1 is 0.524 bits per heavy atom. The molecule has 8 nitrogen and oxygen atoms in total. The van der Waals surface area contributed by atoms with Gasteiger partial charge in [0.25, 0.3) is 0 Å². The van der Waals surface area contributed by atoms with Crippen molar-refractivity contribution in [3.05, 3.63) is 0 Å². The molecule has 0 aromatic heterocycles. The van der Waals surface area contributed by atoms with E-state index in [-0.39, 0.29) is 0 Å². The summed E-state index contributed by atoms with van der Waals surface area (Å²) in [6.45, 7) is 11.4. The molecule has 0 amide bonds. The Kier molecular flexibility index (Phi) is 4.65. The highest BCUT2D eigenvalue weighted by Crippen LogP contribution is 2.40. The van der Waals surface area contributed by atoms with Crippen molar-refractivity contribution >= 4 is 43.8 Å². The van der Waals surface area contributed by atoms with Gasteiger partial charge < -0.3 is 33.5 Å². The highest BCUT2D eigenvalue weighted by atomic mass is 28.6. The minimum absolute atomic E-state index is 1.51. The summed E-state index contributed by atoms with van der Waals surface area (Å²) in [5, 5.41) is 0. The SMILES string of the molecule is CO[Si]1(OC)O[Si](C)(C)O[Si]2(O[Si](C)(C)O1)O[Si](C)(C)O2. The van der Waals surface area contributed by atoms with Gasteiger partial charge in [0.1, 0.15) is 0 Å². The summed E-state index contributed by atoms with van der Waals surface area (Å²) < 4.78 is 47.0. The molecular formula is C8H24O8Si5. The Morgan fingerprint density at radius 2 is 0.810 bits per heavy atom.